The number of nitrogens with two attached hydrogens (primary N) is 1. The highest BCUT2D eigenvalue weighted by atomic mass is 32.1. The number of hydrogen-bond acceptors (Lipinski definition) is 5. The van der Waals surface area contributed by atoms with Gasteiger partial charge in [0.25, 0.3) is 0 Å². The van der Waals surface area contributed by atoms with Crippen molar-refractivity contribution in [3.63, 3.8) is 0 Å². The summed E-state index contributed by atoms with van der Waals surface area (Å²) in [6.45, 7) is 0.707. The Kier molecular flexibility index (Phi) is 3.81. The van der Waals surface area contributed by atoms with Crippen molar-refractivity contribution >= 4 is 21.6 Å². The molecule has 0 fully saturated rings. The first-order valence-electron chi connectivity index (χ1n) is 5.55. The molecule has 1 heterocycles. The van der Waals surface area contributed by atoms with Gasteiger partial charge in [-0.25, -0.2) is 4.79 Å². The summed E-state index contributed by atoms with van der Waals surface area (Å²) in [5.74, 6) is 0.628. The van der Waals surface area contributed by atoms with Gasteiger partial charge in [-0.15, -0.1) is 0 Å². The Labute approximate surface area is 103 Å². The summed E-state index contributed by atoms with van der Waals surface area (Å²) in [5.41, 5.74) is 7.16. The zero-order valence-corrected chi connectivity index (χ0v) is 10.5. The van der Waals surface area contributed by atoms with Crippen LogP contribution >= 0.6 is 11.3 Å². The summed E-state index contributed by atoms with van der Waals surface area (Å²) in [5, 5.41) is 0. The Morgan fingerprint density at radius 1 is 1.41 bits per heavy atom. The van der Waals surface area contributed by atoms with Gasteiger partial charge in [-0.3, -0.25) is 0 Å². The fraction of sp³-hybridized carbons (Fsp3) is 0.417. The topological polar surface area (TPSA) is 65.5 Å². The lowest BCUT2D eigenvalue weighted by Gasteiger charge is -2.04. The first kappa shape index (κ1) is 12.1. The third kappa shape index (κ3) is 2.68. The highest BCUT2D eigenvalue weighted by Crippen LogP contribution is 2.29. The number of hydrogen-bond donors (Lipinski definition) is 1. The van der Waals surface area contributed by atoms with Crippen LogP contribution in [0.3, 0.4) is 0 Å². The van der Waals surface area contributed by atoms with Crippen molar-refractivity contribution in [3.8, 4) is 5.75 Å². The van der Waals surface area contributed by atoms with Crippen LogP contribution in [-0.4, -0.2) is 13.7 Å². The normalized spacial score (nSPS) is 10.9. The lowest BCUT2D eigenvalue weighted by Crippen LogP contribution is -1.99. The van der Waals surface area contributed by atoms with E-state index in [0.717, 1.165) is 40.9 Å². The molecule has 0 aliphatic carbocycles. The van der Waals surface area contributed by atoms with Crippen LogP contribution in [0.4, 0.5) is 0 Å². The van der Waals surface area contributed by atoms with Gasteiger partial charge >= 0.3 is 4.94 Å². The fourth-order valence-electron chi connectivity index (χ4n) is 1.77. The van der Waals surface area contributed by atoms with E-state index in [4.69, 9.17) is 14.9 Å². The number of benzene rings is 1. The van der Waals surface area contributed by atoms with Crippen LogP contribution in [0.5, 0.6) is 5.75 Å². The molecule has 2 aromatic rings. The summed E-state index contributed by atoms with van der Waals surface area (Å²) in [6, 6.07) is 3.92. The number of unbranched alkanes of at least 4 members (excludes halogenated alkanes) is 1. The monoisotopic (exact) mass is 253 g/mol. The van der Waals surface area contributed by atoms with Crippen molar-refractivity contribution in [1.29, 1.82) is 0 Å². The van der Waals surface area contributed by atoms with Crippen LogP contribution in [0.25, 0.3) is 10.3 Å². The van der Waals surface area contributed by atoms with Gasteiger partial charge in [0.05, 0.1) is 11.8 Å². The molecule has 5 heteroatoms. The van der Waals surface area contributed by atoms with E-state index in [1.165, 1.54) is 0 Å². The first-order valence-corrected chi connectivity index (χ1v) is 6.37. The zero-order valence-electron chi connectivity index (χ0n) is 9.69. The van der Waals surface area contributed by atoms with Crippen molar-refractivity contribution in [2.75, 3.05) is 13.7 Å². The maximum Gasteiger partial charge on any atom is 0.396 e. The van der Waals surface area contributed by atoms with Crippen LogP contribution in [0, 0.1) is 0 Å². The predicted octanol–water partition coefficient (Wildman–Crippen LogP) is 2.14. The van der Waals surface area contributed by atoms with Gasteiger partial charge in [0.1, 0.15) is 0 Å². The van der Waals surface area contributed by atoms with Crippen molar-refractivity contribution in [1.82, 2.24) is 0 Å². The van der Waals surface area contributed by atoms with E-state index >= 15 is 0 Å². The summed E-state index contributed by atoms with van der Waals surface area (Å²) in [7, 11) is 1.58. The Balaban J connectivity index is 2.34. The smallest absolute Gasteiger partial charge is 0.396 e. The molecule has 0 amide bonds. The minimum atomic E-state index is -0.294. The maximum atomic E-state index is 11.2. The van der Waals surface area contributed by atoms with Gasteiger partial charge in [0.15, 0.2) is 11.3 Å². The molecule has 0 bridgehead atoms. The van der Waals surface area contributed by atoms with Crippen LogP contribution in [-0.2, 0) is 6.42 Å². The van der Waals surface area contributed by atoms with E-state index in [9.17, 15) is 4.79 Å². The average Bonchev–Trinajstić information content (AvgIpc) is 2.68. The first-order chi connectivity index (χ1) is 8.24. The van der Waals surface area contributed by atoms with E-state index < -0.39 is 0 Å². The molecule has 4 nitrogen and oxygen atoms in total. The van der Waals surface area contributed by atoms with Crippen LogP contribution in [0.1, 0.15) is 18.4 Å². The highest BCUT2D eigenvalue weighted by molar-refractivity contribution is 7.16. The number of methoxy groups -OCH3 is 1. The van der Waals surface area contributed by atoms with E-state index in [0.29, 0.717) is 17.9 Å². The Morgan fingerprint density at radius 3 is 2.94 bits per heavy atom. The van der Waals surface area contributed by atoms with Crippen molar-refractivity contribution in [3.05, 3.63) is 27.4 Å². The fourth-order valence-corrected chi connectivity index (χ4v) is 2.52. The van der Waals surface area contributed by atoms with Crippen molar-refractivity contribution in [2.24, 2.45) is 5.73 Å². The lowest BCUT2D eigenvalue weighted by atomic mass is 10.1. The molecular formula is C12H15NO3S. The Morgan fingerprint density at radius 2 is 2.24 bits per heavy atom. The zero-order chi connectivity index (χ0) is 12.3. The average molecular weight is 253 g/mol. The predicted molar refractivity (Wildman–Crippen MR) is 68.9 cm³/mol. The second-order valence-corrected chi connectivity index (χ2v) is 4.80. The molecule has 0 saturated carbocycles. The molecule has 0 atom stereocenters. The summed E-state index contributed by atoms with van der Waals surface area (Å²) in [6.07, 6.45) is 2.98. The highest BCUT2D eigenvalue weighted by Gasteiger charge is 2.10. The lowest BCUT2D eigenvalue weighted by molar-refractivity contribution is 0.408. The third-order valence-electron chi connectivity index (χ3n) is 2.60. The largest absolute Gasteiger partial charge is 0.493 e. The van der Waals surface area contributed by atoms with E-state index in [2.05, 4.69) is 0 Å². The standard InChI is InChI=1S/C12H15NO3S/c1-15-9-6-8(4-2-3-5-13)7-10-11(9)16-12(14)17-10/h6-7H,2-5,13H2,1H3. The molecule has 2 N–H and O–H groups in total. The quantitative estimate of drug-likeness (QED) is 0.829. The van der Waals surface area contributed by atoms with Gasteiger partial charge < -0.3 is 14.9 Å². The second-order valence-electron chi connectivity index (χ2n) is 3.83. The van der Waals surface area contributed by atoms with Gasteiger partial charge in [-0.05, 0) is 43.5 Å². The van der Waals surface area contributed by atoms with Crippen molar-refractivity contribution in [2.45, 2.75) is 19.3 Å². The molecule has 0 spiro atoms. The summed E-state index contributed by atoms with van der Waals surface area (Å²) in [4.78, 5) is 10.9. The Bertz CT molecular complexity index is 558. The van der Waals surface area contributed by atoms with Gasteiger partial charge in [0.2, 0.25) is 0 Å². The van der Waals surface area contributed by atoms with E-state index in [-0.39, 0.29) is 4.94 Å². The number of rotatable bonds is 5. The summed E-state index contributed by atoms with van der Waals surface area (Å²) >= 11 is 1.11. The Hall–Kier alpha value is -1.33. The molecular weight excluding hydrogens is 238 g/mol. The van der Waals surface area contributed by atoms with E-state index in [1.54, 1.807) is 7.11 Å². The molecule has 0 unspecified atom stereocenters. The molecule has 1 aromatic heterocycles. The minimum absolute atomic E-state index is 0.294. The SMILES string of the molecule is COc1cc(CCCCN)cc2sc(=O)oc12. The second kappa shape index (κ2) is 5.33. The molecule has 0 aliphatic rings. The minimum Gasteiger partial charge on any atom is -0.493 e. The maximum absolute atomic E-state index is 11.2. The number of ether oxygens (including phenoxy) is 1. The van der Waals surface area contributed by atoms with Crippen LogP contribution < -0.4 is 15.4 Å². The van der Waals surface area contributed by atoms with E-state index in [1.807, 2.05) is 12.1 Å². The van der Waals surface area contributed by atoms with Gasteiger partial charge in [-0.1, -0.05) is 11.3 Å². The third-order valence-corrected chi connectivity index (χ3v) is 3.37. The van der Waals surface area contributed by atoms with Crippen LogP contribution in [0.2, 0.25) is 0 Å². The number of fused-ring (bicyclic) bond motifs is 1. The molecule has 0 saturated heterocycles. The molecule has 0 radical (unpaired) electrons. The molecule has 2 rings (SSSR count). The molecule has 0 aliphatic heterocycles. The van der Waals surface area contributed by atoms with Gasteiger partial charge in [-0.2, -0.15) is 0 Å². The molecule has 92 valence electrons. The molecule has 1 aromatic carbocycles. The van der Waals surface area contributed by atoms with Crippen molar-refractivity contribution < 1.29 is 9.15 Å². The van der Waals surface area contributed by atoms with Crippen LogP contribution in [0.15, 0.2) is 21.3 Å². The summed E-state index contributed by atoms with van der Waals surface area (Å²) < 4.78 is 11.2. The number of aryl methyl sites for hydroxylation is 1. The van der Waals surface area contributed by atoms with Gasteiger partial charge in [0, 0.05) is 0 Å². The molecule has 17 heavy (non-hydrogen) atoms.